The quantitative estimate of drug-likeness (QED) is 0.849. The minimum atomic E-state index is 0.0201. The van der Waals surface area contributed by atoms with Gasteiger partial charge in [-0.3, -0.25) is 9.69 Å². The average Bonchev–Trinajstić information content (AvgIpc) is 2.64. The van der Waals surface area contributed by atoms with Crippen LogP contribution in [-0.4, -0.2) is 43.0 Å². The number of benzene rings is 2. The van der Waals surface area contributed by atoms with Crippen LogP contribution in [0.25, 0.3) is 0 Å². The first-order valence-corrected chi connectivity index (χ1v) is 8.72. The van der Waals surface area contributed by atoms with Crippen molar-refractivity contribution in [3.05, 3.63) is 60.2 Å². The van der Waals surface area contributed by atoms with Gasteiger partial charge in [-0.05, 0) is 36.8 Å². The van der Waals surface area contributed by atoms with Crippen LogP contribution in [0, 0.1) is 0 Å². The summed E-state index contributed by atoms with van der Waals surface area (Å²) in [6, 6.07) is 17.9. The molecular formula is C20H25N3O2. The minimum absolute atomic E-state index is 0.0201. The molecule has 0 saturated carbocycles. The number of anilines is 1. The molecule has 25 heavy (non-hydrogen) atoms. The normalized spacial score (nSPS) is 17.9. The topological polar surface area (TPSA) is 53.6 Å². The number of hydrogen-bond donors (Lipinski definition) is 2. The second-order valence-electron chi connectivity index (χ2n) is 6.37. The van der Waals surface area contributed by atoms with E-state index in [0.717, 1.165) is 36.6 Å². The van der Waals surface area contributed by atoms with E-state index in [0.29, 0.717) is 19.2 Å². The van der Waals surface area contributed by atoms with Crippen molar-refractivity contribution in [3.8, 4) is 5.75 Å². The van der Waals surface area contributed by atoms with Crippen molar-refractivity contribution in [1.29, 1.82) is 0 Å². The van der Waals surface area contributed by atoms with E-state index in [1.807, 2.05) is 54.6 Å². The Kier molecular flexibility index (Phi) is 6.04. The van der Waals surface area contributed by atoms with Gasteiger partial charge in [0.2, 0.25) is 5.91 Å². The lowest BCUT2D eigenvalue weighted by atomic mass is 10.2. The Morgan fingerprint density at radius 2 is 1.96 bits per heavy atom. The maximum Gasteiger partial charge on any atom is 0.238 e. The third-order valence-corrected chi connectivity index (χ3v) is 4.37. The SMILES string of the molecule is C[C@H]1CNCCN1CC(=O)Nc1ccc(OCc2ccccc2)cc1. The summed E-state index contributed by atoms with van der Waals surface area (Å²) in [5.41, 5.74) is 1.92. The minimum Gasteiger partial charge on any atom is -0.489 e. The molecule has 1 heterocycles. The lowest BCUT2D eigenvalue weighted by Crippen LogP contribution is -2.51. The number of ether oxygens (including phenoxy) is 1. The van der Waals surface area contributed by atoms with Crippen molar-refractivity contribution in [1.82, 2.24) is 10.2 Å². The maximum absolute atomic E-state index is 12.2. The van der Waals surface area contributed by atoms with Gasteiger partial charge in [-0.25, -0.2) is 0 Å². The molecule has 1 aliphatic heterocycles. The molecule has 5 heteroatoms. The lowest BCUT2D eigenvalue weighted by Gasteiger charge is -2.33. The van der Waals surface area contributed by atoms with E-state index in [1.54, 1.807) is 0 Å². The van der Waals surface area contributed by atoms with Crippen molar-refractivity contribution in [2.24, 2.45) is 0 Å². The van der Waals surface area contributed by atoms with Gasteiger partial charge in [0.25, 0.3) is 0 Å². The van der Waals surface area contributed by atoms with Crippen molar-refractivity contribution in [2.75, 3.05) is 31.5 Å². The van der Waals surface area contributed by atoms with Crippen LogP contribution in [0.4, 0.5) is 5.69 Å². The second-order valence-corrected chi connectivity index (χ2v) is 6.37. The Balaban J connectivity index is 1.47. The summed E-state index contributed by atoms with van der Waals surface area (Å²) in [6.45, 7) is 5.87. The molecule has 0 bridgehead atoms. The van der Waals surface area contributed by atoms with Crippen molar-refractivity contribution >= 4 is 11.6 Å². The van der Waals surface area contributed by atoms with Crippen LogP contribution in [0.1, 0.15) is 12.5 Å². The summed E-state index contributed by atoms with van der Waals surface area (Å²) >= 11 is 0. The van der Waals surface area contributed by atoms with Gasteiger partial charge in [0.05, 0.1) is 6.54 Å². The van der Waals surface area contributed by atoms with E-state index in [9.17, 15) is 4.79 Å². The summed E-state index contributed by atoms with van der Waals surface area (Å²) in [5.74, 6) is 0.810. The van der Waals surface area contributed by atoms with Gasteiger partial charge >= 0.3 is 0 Å². The van der Waals surface area contributed by atoms with Gasteiger partial charge in [0, 0.05) is 31.4 Å². The van der Waals surface area contributed by atoms with E-state index in [4.69, 9.17) is 4.74 Å². The van der Waals surface area contributed by atoms with E-state index in [2.05, 4.69) is 22.5 Å². The zero-order valence-electron chi connectivity index (χ0n) is 14.6. The predicted molar refractivity (Wildman–Crippen MR) is 99.8 cm³/mol. The number of carbonyl (C=O) groups excluding carboxylic acids is 1. The Morgan fingerprint density at radius 3 is 2.68 bits per heavy atom. The molecule has 0 unspecified atom stereocenters. The second kappa shape index (κ2) is 8.65. The van der Waals surface area contributed by atoms with E-state index in [-0.39, 0.29) is 5.91 Å². The van der Waals surface area contributed by atoms with Crippen LogP contribution < -0.4 is 15.4 Å². The largest absolute Gasteiger partial charge is 0.489 e. The highest BCUT2D eigenvalue weighted by Gasteiger charge is 2.20. The molecule has 1 atom stereocenters. The molecule has 0 aliphatic carbocycles. The highest BCUT2D eigenvalue weighted by atomic mass is 16.5. The van der Waals surface area contributed by atoms with Crippen LogP contribution in [0.15, 0.2) is 54.6 Å². The number of hydrogen-bond acceptors (Lipinski definition) is 4. The van der Waals surface area contributed by atoms with Crippen molar-refractivity contribution in [2.45, 2.75) is 19.6 Å². The van der Waals surface area contributed by atoms with Gasteiger partial charge in [0.15, 0.2) is 0 Å². The molecule has 2 N–H and O–H groups in total. The summed E-state index contributed by atoms with van der Waals surface area (Å²) < 4.78 is 5.76. The fraction of sp³-hybridized carbons (Fsp3) is 0.350. The average molecular weight is 339 g/mol. The molecule has 1 saturated heterocycles. The van der Waals surface area contributed by atoms with Gasteiger partial charge in [-0.15, -0.1) is 0 Å². The van der Waals surface area contributed by atoms with Crippen LogP contribution in [0.3, 0.4) is 0 Å². The molecule has 1 fully saturated rings. The number of amides is 1. The molecule has 0 radical (unpaired) electrons. The number of nitrogens with one attached hydrogen (secondary N) is 2. The van der Waals surface area contributed by atoms with Crippen molar-refractivity contribution < 1.29 is 9.53 Å². The molecule has 3 rings (SSSR count). The first kappa shape index (κ1) is 17.5. The predicted octanol–water partition coefficient (Wildman–Crippen LogP) is 2.50. The third-order valence-electron chi connectivity index (χ3n) is 4.37. The number of rotatable bonds is 6. The summed E-state index contributed by atoms with van der Waals surface area (Å²) in [6.07, 6.45) is 0. The molecule has 0 aromatic heterocycles. The highest BCUT2D eigenvalue weighted by molar-refractivity contribution is 5.92. The zero-order valence-corrected chi connectivity index (χ0v) is 14.6. The standard InChI is InChI=1S/C20H25N3O2/c1-16-13-21-11-12-23(16)14-20(24)22-18-7-9-19(10-8-18)25-15-17-5-3-2-4-6-17/h2-10,16,21H,11-15H2,1H3,(H,22,24)/t16-/m0/s1. The highest BCUT2D eigenvalue weighted by Crippen LogP contribution is 2.17. The summed E-state index contributed by atoms with van der Waals surface area (Å²) in [7, 11) is 0. The third kappa shape index (κ3) is 5.31. The van der Waals surface area contributed by atoms with E-state index < -0.39 is 0 Å². The Hall–Kier alpha value is -2.37. The van der Waals surface area contributed by atoms with Gasteiger partial charge in [-0.1, -0.05) is 30.3 Å². The molecule has 5 nitrogen and oxygen atoms in total. The van der Waals surface area contributed by atoms with E-state index >= 15 is 0 Å². The van der Waals surface area contributed by atoms with Crippen molar-refractivity contribution in [3.63, 3.8) is 0 Å². The molecular weight excluding hydrogens is 314 g/mol. The first-order chi connectivity index (χ1) is 12.2. The van der Waals surface area contributed by atoms with Gasteiger partial charge in [-0.2, -0.15) is 0 Å². The lowest BCUT2D eigenvalue weighted by molar-refractivity contribution is -0.118. The van der Waals surface area contributed by atoms with Crippen LogP contribution in [0.2, 0.25) is 0 Å². The van der Waals surface area contributed by atoms with Gasteiger partial charge < -0.3 is 15.4 Å². The van der Waals surface area contributed by atoms with Crippen LogP contribution in [0.5, 0.6) is 5.75 Å². The first-order valence-electron chi connectivity index (χ1n) is 8.72. The Labute approximate surface area is 149 Å². The fourth-order valence-electron chi connectivity index (χ4n) is 2.88. The van der Waals surface area contributed by atoms with E-state index in [1.165, 1.54) is 0 Å². The van der Waals surface area contributed by atoms with Crippen LogP contribution >= 0.6 is 0 Å². The Bertz CT molecular complexity index is 673. The molecule has 1 aliphatic rings. The molecule has 0 spiro atoms. The molecule has 2 aromatic carbocycles. The summed E-state index contributed by atoms with van der Waals surface area (Å²) in [5, 5.41) is 6.28. The van der Waals surface area contributed by atoms with Gasteiger partial charge in [0.1, 0.15) is 12.4 Å². The summed E-state index contributed by atoms with van der Waals surface area (Å²) in [4.78, 5) is 14.4. The molecule has 1 amide bonds. The zero-order chi connectivity index (χ0) is 17.5. The monoisotopic (exact) mass is 339 g/mol. The number of piperazine rings is 1. The molecule has 2 aromatic rings. The fourth-order valence-corrected chi connectivity index (χ4v) is 2.88. The maximum atomic E-state index is 12.2. The number of nitrogens with zero attached hydrogens (tertiary/aromatic N) is 1. The molecule has 132 valence electrons. The smallest absolute Gasteiger partial charge is 0.238 e. The van der Waals surface area contributed by atoms with Crippen LogP contribution in [-0.2, 0) is 11.4 Å². The number of carbonyl (C=O) groups is 1. The Morgan fingerprint density at radius 1 is 1.20 bits per heavy atom.